The molecule has 1 aliphatic rings. The Hall–Kier alpha value is -2.11. The van der Waals surface area contributed by atoms with Gasteiger partial charge in [0.25, 0.3) is 5.91 Å². The van der Waals surface area contributed by atoms with Crippen LogP contribution in [0.2, 0.25) is 0 Å². The summed E-state index contributed by atoms with van der Waals surface area (Å²) in [5.41, 5.74) is 0. The number of carbonyl (C=O) groups excluding carboxylic acids is 2. The second-order valence-electron chi connectivity index (χ2n) is 5.93. The maximum absolute atomic E-state index is 13.5. The molecular formula is C12H6F15NO3. The van der Waals surface area contributed by atoms with Crippen LogP contribution in [-0.4, -0.2) is 66.2 Å². The van der Waals surface area contributed by atoms with Gasteiger partial charge in [0.15, 0.2) is 0 Å². The van der Waals surface area contributed by atoms with Crippen LogP contribution in [0.15, 0.2) is 0 Å². The number of amides is 1. The van der Waals surface area contributed by atoms with E-state index >= 15 is 0 Å². The van der Waals surface area contributed by atoms with Crippen molar-refractivity contribution in [2.75, 3.05) is 6.61 Å². The van der Waals surface area contributed by atoms with E-state index in [2.05, 4.69) is 4.74 Å². The zero-order valence-corrected chi connectivity index (χ0v) is 13.9. The molecule has 0 saturated carbocycles. The quantitative estimate of drug-likeness (QED) is 0.431. The molecule has 0 bridgehead atoms. The number of nitrogens with one attached hydrogen (secondary N) is 1. The first-order chi connectivity index (χ1) is 13.4. The number of alkyl halides is 15. The normalized spacial score (nSPS) is 20.0. The molecule has 19 heteroatoms. The van der Waals surface area contributed by atoms with Crippen molar-refractivity contribution in [3.8, 4) is 0 Å². The lowest BCUT2D eigenvalue weighted by atomic mass is 9.90. The molecule has 1 atom stereocenters. The van der Waals surface area contributed by atoms with Crippen LogP contribution in [0.25, 0.3) is 0 Å². The number of ether oxygens (including phenoxy) is 1. The second kappa shape index (κ2) is 7.21. The van der Waals surface area contributed by atoms with Crippen molar-refractivity contribution < 1.29 is 80.2 Å². The summed E-state index contributed by atoms with van der Waals surface area (Å²) in [6, 6.07) is -2.20. The van der Waals surface area contributed by atoms with Crippen LogP contribution in [0, 0.1) is 0 Å². The summed E-state index contributed by atoms with van der Waals surface area (Å²) < 4.78 is 199. The van der Waals surface area contributed by atoms with Crippen molar-refractivity contribution in [3.63, 3.8) is 0 Å². The lowest BCUT2D eigenvalue weighted by Gasteiger charge is -2.41. The Morgan fingerprint density at radius 3 is 1.45 bits per heavy atom. The summed E-state index contributed by atoms with van der Waals surface area (Å²) in [5.74, 6) is -53.7. The van der Waals surface area contributed by atoms with Gasteiger partial charge < -0.3 is 10.1 Å². The van der Waals surface area contributed by atoms with E-state index in [1.54, 1.807) is 0 Å². The van der Waals surface area contributed by atoms with Crippen LogP contribution < -0.4 is 5.32 Å². The Morgan fingerprint density at radius 1 is 0.710 bits per heavy atom. The monoisotopic (exact) mass is 497 g/mol. The minimum atomic E-state index is -8.49. The van der Waals surface area contributed by atoms with E-state index in [-0.39, 0.29) is 0 Å². The summed E-state index contributed by atoms with van der Waals surface area (Å²) in [4.78, 5) is 22.1. The third-order valence-corrected chi connectivity index (χ3v) is 3.85. The Bertz CT molecular complexity index is 729. The maximum atomic E-state index is 13.5. The molecule has 1 saturated heterocycles. The highest BCUT2D eigenvalue weighted by atomic mass is 19.4. The molecule has 1 heterocycles. The van der Waals surface area contributed by atoms with Crippen LogP contribution in [0.4, 0.5) is 65.9 Å². The lowest BCUT2D eigenvalue weighted by molar-refractivity contribution is -0.449. The minimum absolute atomic E-state index is 0.612. The summed E-state index contributed by atoms with van der Waals surface area (Å²) in [6.07, 6.45) is -8.43. The fourth-order valence-electron chi connectivity index (χ4n) is 1.99. The highest BCUT2D eigenvalue weighted by Crippen LogP contribution is 2.62. The number of carbonyl (C=O) groups is 2. The van der Waals surface area contributed by atoms with Crippen molar-refractivity contribution in [2.24, 2.45) is 0 Å². The summed E-state index contributed by atoms with van der Waals surface area (Å²) in [5, 5.41) is 0.654. The molecule has 0 aliphatic carbocycles. The van der Waals surface area contributed by atoms with Crippen LogP contribution in [0.3, 0.4) is 0 Å². The average Bonchev–Trinajstić information content (AvgIpc) is 2.97. The van der Waals surface area contributed by atoms with Crippen LogP contribution in [-0.2, 0) is 14.3 Å². The third-order valence-electron chi connectivity index (χ3n) is 3.85. The van der Waals surface area contributed by atoms with Gasteiger partial charge in [-0.2, -0.15) is 65.9 Å². The fraction of sp³-hybridized carbons (Fsp3) is 0.833. The van der Waals surface area contributed by atoms with Gasteiger partial charge in [-0.1, -0.05) is 0 Å². The predicted octanol–water partition coefficient (Wildman–Crippen LogP) is 3.79. The van der Waals surface area contributed by atoms with Crippen molar-refractivity contribution in [3.05, 3.63) is 0 Å². The van der Waals surface area contributed by atoms with E-state index in [1.807, 2.05) is 0 Å². The second-order valence-corrected chi connectivity index (χ2v) is 5.93. The Labute approximate surface area is 159 Å². The summed E-state index contributed by atoms with van der Waals surface area (Å²) >= 11 is 0. The van der Waals surface area contributed by atoms with E-state index in [0.717, 1.165) is 0 Å². The van der Waals surface area contributed by atoms with Crippen molar-refractivity contribution in [1.82, 2.24) is 5.32 Å². The van der Waals surface area contributed by atoms with E-state index < -0.39 is 72.7 Å². The first-order valence-electron chi connectivity index (χ1n) is 7.22. The first-order valence-corrected chi connectivity index (χ1v) is 7.22. The molecule has 0 radical (unpaired) electrons. The molecule has 1 rings (SSSR count). The maximum Gasteiger partial charge on any atom is 0.460 e. The molecule has 0 spiro atoms. The molecule has 0 aromatic heterocycles. The number of rotatable bonds is 7. The molecule has 0 unspecified atom stereocenters. The van der Waals surface area contributed by atoms with Crippen molar-refractivity contribution in [2.45, 2.75) is 54.2 Å². The van der Waals surface area contributed by atoms with Gasteiger partial charge >= 0.3 is 47.7 Å². The van der Waals surface area contributed by atoms with E-state index in [4.69, 9.17) is 0 Å². The molecule has 1 aliphatic heterocycles. The highest BCUT2D eigenvalue weighted by molar-refractivity contribution is 5.90. The van der Waals surface area contributed by atoms with Gasteiger partial charge in [-0.05, 0) is 0 Å². The largest absolute Gasteiger partial charge is 0.464 e. The zero-order valence-electron chi connectivity index (χ0n) is 13.9. The van der Waals surface area contributed by atoms with Gasteiger partial charge in [-0.15, -0.1) is 0 Å². The van der Waals surface area contributed by atoms with Gasteiger partial charge in [0.05, 0.1) is 6.61 Å². The lowest BCUT2D eigenvalue weighted by Crippen LogP contribution is -2.74. The Balaban J connectivity index is 3.43. The number of hydrogen-bond acceptors (Lipinski definition) is 3. The number of halogens is 15. The molecular weight excluding hydrogens is 491 g/mol. The molecule has 31 heavy (non-hydrogen) atoms. The predicted molar refractivity (Wildman–Crippen MR) is 63.2 cm³/mol. The van der Waals surface area contributed by atoms with Gasteiger partial charge in [-0.25, -0.2) is 4.79 Å². The Morgan fingerprint density at radius 2 is 1.10 bits per heavy atom. The molecule has 0 aromatic carbocycles. The van der Waals surface area contributed by atoms with Crippen LogP contribution in [0.5, 0.6) is 0 Å². The minimum Gasteiger partial charge on any atom is -0.464 e. The van der Waals surface area contributed by atoms with Crippen LogP contribution in [0.1, 0.15) is 6.42 Å². The topological polar surface area (TPSA) is 55.4 Å². The molecule has 4 nitrogen and oxygen atoms in total. The van der Waals surface area contributed by atoms with E-state index in [9.17, 15) is 75.4 Å². The number of hydrogen-bond donors (Lipinski definition) is 1. The van der Waals surface area contributed by atoms with Crippen molar-refractivity contribution in [1.29, 1.82) is 0 Å². The zero-order chi connectivity index (χ0) is 25.1. The standard InChI is InChI=1S/C12H6F15NO3/c13-6(14,5(30)28-3-1-2-31-4(3)29)7(15,16)8(17,18)9(19,20)10(21,22)11(23,24)12(25,26)27/h3H,1-2H2,(H,28,30)/t3-/m0/s1. The van der Waals surface area contributed by atoms with Crippen LogP contribution >= 0.6 is 0 Å². The van der Waals surface area contributed by atoms with E-state index in [0.29, 0.717) is 5.32 Å². The Kier molecular flexibility index (Phi) is 6.26. The summed E-state index contributed by atoms with van der Waals surface area (Å²) in [6.45, 7) is -0.612. The number of esters is 1. The highest BCUT2D eigenvalue weighted by Gasteiger charge is 2.94. The first kappa shape index (κ1) is 26.9. The smallest absolute Gasteiger partial charge is 0.460 e. The van der Waals surface area contributed by atoms with Gasteiger partial charge in [0.1, 0.15) is 6.04 Å². The van der Waals surface area contributed by atoms with E-state index in [1.165, 1.54) is 0 Å². The van der Waals surface area contributed by atoms with Gasteiger partial charge in [0, 0.05) is 6.42 Å². The molecule has 1 amide bonds. The molecule has 1 fully saturated rings. The third kappa shape index (κ3) is 3.62. The fourth-order valence-corrected chi connectivity index (χ4v) is 1.99. The summed E-state index contributed by atoms with van der Waals surface area (Å²) in [7, 11) is 0. The van der Waals surface area contributed by atoms with Gasteiger partial charge in [-0.3, -0.25) is 4.79 Å². The van der Waals surface area contributed by atoms with Gasteiger partial charge in [0.2, 0.25) is 0 Å². The average molecular weight is 497 g/mol. The molecule has 182 valence electrons. The SMILES string of the molecule is O=C1OCC[C@@H]1NC(=O)C(F)(F)C(F)(F)C(F)(F)C(F)(F)C(F)(F)C(F)(F)C(F)(F)F. The molecule has 0 aromatic rings. The molecule has 1 N–H and O–H groups in total. The number of cyclic esters (lactones) is 1. The van der Waals surface area contributed by atoms with Crippen molar-refractivity contribution >= 4 is 11.9 Å².